The number of benzene rings is 2. The molecule has 0 spiro atoms. The Bertz CT molecular complexity index is 1110. The molecule has 1 aromatic heterocycles. The highest BCUT2D eigenvalue weighted by atomic mass is 35.5. The predicted octanol–water partition coefficient (Wildman–Crippen LogP) is 3.86. The lowest BCUT2D eigenvalue weighted by Gasteiger charge is -2.28. The zero-order chi connectivity index (χ0) is 23.9. The predicted molar refractivity (Wildman–Crippen MR) is 131 cm³/mol. The topological polar surface area (TPSA) is 87.9 Å². The van der Waals surface area contributed by atoms with Gasteiger partial charge < -0.3 is 24.3 Å². The van der Waals surface area contributed by atoms with Gasteiger partial charge >= 0.3 is 0 Å². The van der Waals surface area contributed by atoms with E-state index in [1.807, 2.05) is 36.4 Å². The summed E-state index contributed by atoms with van der Waals surface area (Å²) in [6, 6.07) is 14.9. The Kier molecular flexibility index (Phi) is 7.82. The van der Waals surface area contributed by atoms with E-state index in [-0.39, 0.29) is 24.8 Å². The second kappa shape index (κ2) is 11.2. The van der Waals surface area contributed by atoms with Crippen LogP contribution < -0.4 is 10.2 Å². The number of nitrogens with one attached hydrogen (secondary N) is 1. The Morgan fingerprint density at radius 2 is 1.79 bits per heavy atom. The first-order valence-corrected chi connectivity index (χ1v) is 11.5. The molecule has 178 valence electrons. The molecule has 0 bridgehead atoms. The minimum absolute atomic E-state index is 0.0361. The molecule has 0 atom stereocenters. The van der Waals surface area contributed by atoms with Gasteiger partial charge in [-0.1, -0.05) is 11.6 Å². The maximum Gasteiger partial charge on any atom is 0.243 e. The molecule has 4 rings (SSSR count). The summed E-state index contributed by atoms with van der Waals surface area (Å²) in [4.78, 5) is 32.8. The fourth-order valence-electron chi connectivity index (χ4n) is 3.66. The summed E-state index contributed by atoms with van der Waals surface area (Å²) in [5.41, 5.74) is 2.65. The molecule has 8 nitrogen and oxygen atoms in total. The highest BCUT2D eigenvalue weighted by molar-refractivity contribution is 6.30. The smallest absolute Gasteiger partial charge is 0.243 e. The van der Waals surface area contributed by atoms with Gasteiger partial charge in [-0.3, -0.25) is 9.59 Å². The average molecular weight is 483 g/mol. The summed E-state index contributed by atoms with van der Waals surface area (Å²) in [6.07, 6.45) is 2.17. The van der Waals surface area contributed by atoms with Crippen LogP contribution in [0, 0.1) is 0 Å². The Balaban J connectivity index is 1.22. The molecule has 34 heavy (non-hydrogen) atoms. The lowest BCUT2D eigenvalue weighted by molar-refractivity contribution is -0.133. The third kappa shape index (κ3) is 6.36. The van der Waals surface area contributed by atoms with Crippen LogP contribution in [0.5, 0.6) is 0 Å². The SMILES string of the molecule is CN(CC(=O)Nc1ccc(N2CCOCC2)cc1)C(=O)CCc1ncc(-c2ccc(Cl)cc2)o1. The molecule has 9 heteroatoms. The molecular formula is C25H27ClN4O4. The van der Waals surface area contributed by atoms with Crippen LogP contribution in [0.3, 0.4) is 0 Å². The van der Waals surface area contributed by atoms with E-state index < -0.39 is 0 Å². The maximum atomic E-state index is 12.5. The summed E-state index contributed by atoms with van der Waals surface area (Å²) in [5.74, 6) is 0.670. The van der Waals surface area contributed by atoms with Gasteiger partial charge in [-0.15, -0.1) is 0 Å². The molecule has 1 aliphatic rings. The number of carbonyl (C=O) groups excluding carboxylic acids is 2. The van der Waals surface area contributed by atoms with Gasteiger partial charge in [0.05, 0.1) is 26.0 Å². The minimum atomic E-state index is -0.254. The molecule has 0 unspecified atom stereocenters. The highest BCUT2D eigenvalue weighted by Crippen LogP contribution is 2.23. The number of halogens is 1. The fourth-order valence-corrected chi connectivity index (χ4v) is 3.79. The van der Waals surface area contributed by atoms with Gasteiger partial charge in [-0.2, -0.15) is 0 Å². The molecule has 3 aromatic rings. The molecule has 1 saturated heterocycles. The third-order valence-corrected chi connectivity index (χ3v) is 5.82. The lowest BCUT2D eigenvalue weighted by atomic mass is 10.2. The van der Waals surface area contributed by atoms with Crippen LogP contribution in [0.15, 0.2) is 59.1 Å². The van der Waals surface area contributed by atoms with Crippen molar-refractivity contribution in [3.05, 3.63) is 65.6 Å². The second-order valence-corrected chi connectivity index (χ2v) is 8.51. The number of likely N-dealkylation sites (N-methyl/N-ethyl adjacent to an activating group) is 1. The number of oxazole rings is 1. The van der Waals surface area contributed by atoms with Crippen LogP contribution in [0.25, 0.3) is 11.3 Å². The Morgan fingerprint density at radius 3 is 2.50 bits per heavy atom. The molecule has 2 aromatic carbocycles. The Hall–Kier alpha value is -3.36. The Morgan fingerprint density at radius 1 is 1.09 bits per heavy atom. The average Bonchev–Trinajstić information content (AvgIpc) is 3.33. The van der Waals surface area contributed by atoms with Crippen LogP contribution >= 0.6 is 11.6 Å². The van der Waals surface area contributed by atoms with Crippen LogP contribution in [0.2, 0.25) is 5.02 Å². The number of aromatic nitrogens is 1. The first kappa shape index (κ1) is 23.8. The Labute approximate surface area is 203 Å². The third-order valence-electron chi connectivity index (χ3n) is 5.57. The highest BCUT2D eigenvalue weighted by Gasteiger charge is 2.16. The van der Waals surface area contributed by atoms with Crippen molar-refractivity contribution in [2.75, 3.05) is 50.1 Å². The number of carbonyl (C=O) groups is 2. The number of hydrogen-bond donors (Lipinski definition) is 1. The molecule has 0 saturated carbocycles. The normalized spacial score (nSPS) is 13.5. The number of amides is 2. The van der Waals surface area contributed by atoms with E-state index >= 15 is 0 Å². The standard InChI is InChI=1S/C25H27ClN4O4/c1-29(17-23(31)28-20-6-8-21(9-7-20)30-12-14-33-15-13-30)25(32)11-10-24-27-16-22(34-24)18-2-4-19(26)5-3-18/h2-9,16H,10-15,17H2,1H3,(H,28,31). The summed E-state index contributed by atoms with van der Waals surface area (Å²) < 4.78 is 11.1. The van der Waals surface area contributed by atoms with E-state index in [2.05, 4.69) is 15.2 Å². The van der Waals surface area contributed by atoms with Gasteiger partial charge in [-0.25, -0.2) is 4.98 Å². The fraction of sp³-hybridized carbons (Fsp3) is 0.320. The van der Waals surface area contributed by atoms with Crippen molar-refractivity contribution in [1.29, 1.82) is 0 Å². The van der Waals surface area contributed by atoms with Crippen molar-refractivity contribution in [2.45, 2.75) is 12.8 Å². The van der Waals surface area contributed by atoms with Gasteiger partial charge in [0.1, 0.15) is 0 Å². The largest absolute Gasteiger partial charge is 0.441 e. The summed E-state index contributed by atoms with van der Waals surface area (Å²) in [5, 5.41) is 3.49. The lowest BCUT2D eigenvalue weighted by Crippen LogP contribution is -2.36. The number of rotatable bonds is 8. The molecule has 2 heterocycles. The molecule has 1 aliphatic heterocycles. The van der Waals surface area contributed by atoms with E-state index in [1.165, 1.54) is 4.90 Å². The van der Waals surface area contributed by atoms with Gasteiger partial charge in [0.2, 0.25) is 11.8 Å². The molecular weight excluding hydrogens is 456 g/mol. The second-order valence-electron chi connectivity index (χ2n) is 8.07. The number of nitrogens with zero attached hydrogens (tertiary/aromatic N) is 3. The molecule has 0 radical (unpaired) electrons. The van der Waals surface area contributed by atoms with Gasteiger partial charge in [0, 0.05) is 54.9 Å². The number of hydrogen-bond acceptors (Lipinski definition) is 6. The van der Waals surface area contributed by atoms with Crippen molar-refractivity contribution in [2.24, 2.45) is 0 Å². The van der Waals surface area contributed by atoms with Gasteiger partial charge in [0.15, 0.2) is 11.7 Å². The van der Waals surface area contributed by atoms with Gasteiger partial charge in [0.25, 0.3) is 0 Å². The summed E-state index contributed by atoms with van der Waals surface area (Å²) in [6.45, 7) is 3.12. The minimum Gasteiger partial charge on any atom is -0.441 e. The van der Waals surface area contributed by atoms with Crippen LogP contribution in [0.1, 0.15) is 12.3 Å². The summed E-state index contributed by atoms with van der Waals surface area (Å²) >= 11 is 5.91. The van der Waals surface area contributed by atoms with Crippen molar-refractivity contribution >= 4 is 34.8 Å². The molecule has 0 aliphatic carbocycles. The molecule has 1 N–H and O–H groups in total. The monoisotopic (exact) mass is 482 g/mol. The van der Waals surface area contributed by atoms with Crippen molar-refractivity contribution in [3.63, 3.8) is 0 Å². The summed E-state index contributed by atoms with van der Waals surface area (Å²) in [7, 11) is 1.61. The number of aryl methyl sites for hydroxylation is 1. The first-order valence-electron chi connectivity index (χ1n) is 11.1. The van der Waals surface area contributed by atoms with E-state index in [0.29, 0.717) is 28.8 Å². The van der Waals surface area contributed by atoms with Crippen LogP contribution in [-0.2, 0) is 20.7 Å². The molecule has 1 fully saturated rings. The zero-order valence-corrected chi connectivity index (χ0v) is 19.8. The van der Waals surface area contributed by atoms with E-state index in [4.69, 9.17) is 20.8 Å². The van der Waals surface area contributed by atoms with Gasteiger partial charge in [-0.05, 0) is 48.5 Å². The number of anilines is 2. The van der Waals surface area contributed by atoms with Crippen LogP contribution in [-0.4, -0.2) is 61.6 Å². The van der Waals surface area contributed by atoms with E-state index in [0.717, 1.165) is 37.6 Å². The number of ether oxygens (including phenoxy) is 1. The van der Waals surface area contributed by atoms with Crippen molar-refractivity contribution in [1.82, 2.24) is 9.88 Å². The van der Waals surface area contributed by atoms with Crippen molar-refractivity contribution in [3.8, 4) is 11.3 Å². The maximum absolute atomic E-state index is 12.5. The number of morpholine rings is 1. The quantitative estimate of drug-likeness (QED) is 0.524. The van der Waals surface area contributed by atoms with Crippen LogP contribution in [0.4, 0.5) is 11.4 Å². The van der Waals surface area contributed by atoms with E-state index in [9.17, 15) is 9.59 Å². The van der Waals surface area contributed by atoms with Crippen molar-refractivity contribution < 1.29 is 18.7 Å². The van der Waals surface area contributed by atoms with E-state index in [1.54, 1.807) is 25.4 Å². The molecule has 2 amide bonds. The first-order chi connectivity index (χ1) is 16.5. The zero-order valence-electron chi connectivity index (χ0n) is 19.0.